The number of imidazole rings is 1. The highest BCUT2D eigenvalue weighted by Crippen LogP contribution is 2.37. The van der Waals surface area contributed by atoms with E-state index in [1.807, 2.05) is 7.05 Å². The number of anilines is 3. The first-order valence-electron chi connectivity index (χ1n) is 24.5. The van der Waals surface area contributed by atoms with Crippen LogP contribution in [-0.4, -0.2) is 38.1 Å². The van der Waals surface area contributed by atoms with E-state index in [2.05, 4.69) is 229 Å². The van der Waals surface area contributed by atoms with Gasteiger partial charge in [-0.25, -0.2) is 15.0 Å². The average molecular weight is 931 g/mol. The maximum atomic E-state index is 5.68. The summed E-state index contributed by atoms with van der Waals surface area (Å²) >= 11 is 5.68. The Kier molecular flexibility index (Phi) is 16.3. The SMILES string of the molecule is CCc1nc2c(N(Cc3ccccc3)Cc3ccccc3)nc3ccccc3c2n1CC(C)C.CNC(=S)Cc1c(N(Cc2ccccc2)Cc2ccccc2)nc2ccccc2c1NCC(C)C. The Morgan fingerprint density at radius 1 is 0.551 bits per heavy atom. The summed E-state index contributed by atoms with van der Waals surface area (Å²) in [5, 5.41) is 9.23. The summed E-state index contributed by atoms with van der Waals surface area (Å²) in [6.45, 7) is 16.1. The molecular formula is C60H66N8S. The second-order valence-corrected chi connectivity index (χ2v) is 19.1. The molecule has 0 amide bonds. The lowest BCUT2D eigenvalue weighted by molar-refractivity contribution is 0.519. The van der Waals surface area contributed by atoms with Gasteiger partial charge in [-0.2, -0.15) is 0 Å². The van der Waals surface area contributed by atoms with Crippen molar-refractivity contribution in [3.05, 3.63) is 203 Å². The van der Waals surface area contributed by atoms with E-state index in [1.54, 1.807) is 0 Å². The maximum Gasteiger partial charge on any atom is 0.158 e. The lowest BCUT2D eigenvalue weighted by Crippen LogP contribution is -2.27. The number of benzene rings is 6. The van der Waals surface area contributed by atoms with Gasteiger partial charge < -0.3 is 25.0 Å². The van der Waals surface area contributed by atoms with E-state index in [1.165, 1.54) is 33.2 Å². The van der Waals surface area contributed by atoms with Crippen LogP contribution in [0.5, 0.6) is 0 Å². The predicted octanol–water partition coefficient (Wildman–Crippen LogP) is 13.6. The highest BCUT2D eigenvalue weighted by atomic mass is 32.1. The molecule has 0 aliphatic rings. The number of para-hydroxylation sites is 2. The minimum absolute atomic E-state index is 0.513. The average Bonchev–Trinajstić information content (AvgIpc) is 3.74. The summed E-state index contributed by atoms with van der Waals surface area (Å²) < 4.78 is 2.43. The molecule has 2 N–H and O–H groups in total. The number of rotatable bonds is 18. The first-order chi connectivity index (χ1) is 33.7. The molecule has 3 heterocycles. The van der Waals surface area contributed by atoms with Gasteiger partial charge in [0.25, 0.3) is 0 Å². The summed E-state index contributed by atoms with van der Waals surface area (Å²) in [6.07, 6.45) is 1.52. The second kappa shape index (κ2) is 23.3. The number of thiocarbonyl (C=S) groups is 1. The maximum absolute atomic E-state index is 5.68. The van der Waals surface area contributed by atoms with Crippen LogP contribution < -0.4 is 20.4 Å². The van der Waals surface area contributed by atoms with Gasteiger partial charge in [0.2, 0.25) is 0 Å². The quantitative estimate of drug-likeness (QED) is 0.0825. The summed E-state index contributed by atoms with van der Waals surface area (Å²) in [6, 6.07) is 59.4. The van der Waals surface area contributed by atoms with Gasteiger partial charge in [-0.1, -0.05) is 205 Å². The molecule has 8 nitrogen and oxygen atoms in total. The van der Waals surface area contributed by atoms with Crippen molar-refractivity contribution in [1.82, 2.24) is 24.8 Å². The molecule has 0 radical (unpaired) electrons. The zero-order valence-corrected chi connectivity index (χ0v) is 41.9. The van der Waals surface area contributed by atoms with Crippen molar-refractivity contribution >= 4 is 67.4 Å². The van der Waals surface area contributed by atoms with E-state index in [4.69, 9.17) is 27.2 Å². The van der Waals surface area contributed by atoms with Gasteiger partial charge in [-0.05, 0) is 46.2 Å². The number of hydrogen-bond acceptors (Lipinski definition) is 7. The van der Waals surface area contributed by atoms with Crippen molar-refractivity contribution in [2.45, 2.75) is 80.2 Å². The van der Waals surface area contributed by atoms with E-state index in [9.17, 15) is 0 Å². The molecule has 0 aliphatic heterocycles. The van der Waals surface area contributed by atoms with Crippen molar-refractivity contribution in [3.8, 4) is 0 Å². The van der Waals surface area contributed by atoms with Gasteiger partial charge in [-0.15, -0.1) is 0 Å². The van der Waals surface area contributed by atoms with Crippen molar-refractivity contribution in [1.29, 1.82) is 0 Å². The van der Waals surface area contributed by atoms with E-state index >= 15 is 0 Å². The number of pyridine rings is 2. The Morgan fingerprint density at radius 3 is 1.45 bits per heavy atom. The molecule has 9 aromatic rings. The monoisotopic (exact) mass is 931 g/mol. The molecule has 0 aliphatic carbocycles. The Bertz CT molecular complexity index is 2980. The molecule has 6 aromatic carbocycles. The zero-order chi connectivity index (χ0) is 48.1. The van der Waals surface area contributed by atoms with Crippen LogP contribution in [0.25, 0.3) is 32.8 Å². The van der Waals surface area contributed by atoms with Crippen LogP contribution >= 0.6 is 12.2 Å². The third kappa shape index (κ3) is 12.1. The summed E-state index contributed by atoms with van der Waals surface area (Å²) in [5.74, 6) is 4.10. The Hall–Kier alpha value is -7.10. The lowest BCUT2D eigenvalue weighted by Gasteiger charge is -2.29. The van der Waals surface area contributed by atoms with Crippen molar-refractivity contribution in [2.24, 2.45) is 11.8 Å². The summed E-state index contributed by atoms with van der Waals surface area (Å²) in [4.78, 5) is 21.2. The van der Waals surface area contributed by atoms with E-state index in [-0.39, 0.29) is 0 Å². The van der Waals surface area contributed by atoms with Crippen molar-refractivity contribution < 1.29 is 0 Å². The van der Waals surface area contributed by atoms with Crippen molar-refractivity contribution in [3.63, 3.8) is 0 Å². The minimum Gasteiger partial charge on any atom is -0.384 e. The number of fused-ring (bicyclic) bond motifs is 4. The third-order valence-corrected chi connectivity index (χ3v) is 12.6. The summed E-state index contributed by atoms with van der Waals surface area (Å²) in [7, 11) is 1.89. The van der Waals surface area contributed by atoms with Gasteiger partial charge in [0.15, 0.2) is 5.82 Å². The topological polar surface area (TPSA) is 74.1 Å². The van der Waals surface area contributed by atoms with Gasteiger partial charge in [0.1, 0.15) is 17.2 Å². The smallest absolute Gasteiger partial charge is 0.158 e. The summed E-state index contributed by atoms with van der Waals surface area (Å²) in [5.41, 5.74) is 11.5. The molecule has 9 rings (SSSR count). The molecule has 3 aromatic heterocycles. The lowest BCUT2D eigenvalue weighted by atomic mass is 10.0. The van der Waals surface area contributed by atoms with Crippen LogP contribution in [0.2, 0.25) is 0 Å². The van der Waals surface area contributed by atoms with Gasteiger partial charge in [-0.3, -0.25) is 0 Å². The molecule has 0 unspecified atom stereocenters. The fourth-order valence-corrected chi connectivity index (χ4v) is 9.11. The van der Waals surface area contributed by atoms with E-state index in [0.29, 0.717) is 18.3 Å². The van der Waals surface area contributed by atoms with Crippen LogP contribution in [-0.2, 0) is 45.6 Å². The van der Waals surface area contributed by atoms with Crippen LogP contribution in [0.3, 0.4) is 0 Å². The number of aryl methyl sites for hydroxylation is 1. The fourth-order valence-electron chi connectivity index (χ4n) is 8.97. The molecule has 0 spiro atoms. The number of likely N-dealkylation sites (N-methyl/N-ethyl adjacent to an activating group) is 1. The predicted molar refractivity (Wildman–Crippen MR) is 295 cm³/mol. The molecule has 0 atom stereocenters. The molecule has 0 saturated heterocycles. The van der Waals surface area contributed by atoms with Gasteiger partial charge in [0, 0.05) is 75.5 Å². The van der Waals surface area contributed by atoms with Crippen LogP contribution in [0.15, 0.2) is 170 Å². The van der Waals surface area contributed by atoms with Crippen LogP contribution in [0, 0.1) is 11.8 Å². The minimum atomic E-state index is 0.513. The van der Waals surface area contributed by atoms with E-state index < -0.39 is 0 Å². The molecule has 0 saturated carbocycles. The van der Waals surface area contributed by atoms with Crippen LogP contribution in [0.4, 0.5) is 17.3 Å². The number of aromatic nitrogens is 4. The van der Waals surface area contributed by atoms with Crippen molar-refractivity contribution in [2.75, 3.05) is 28.7 Å². The Morgan fingerprint density at radius 2 is 0.986 bits per heavy atom. The molecule has 0 fully saturated rings. The third-order valence-electron chi connectivity index (χ3n) is 12.2. The molecule has 9 heteroatoms. The molecule has 0 bridgehead atoms. The van der Waals surface area contributed by atoms with Gasteiger partial charge >= 0.3 is 0 Å². The highest BCUT2D eigenvalue weighted by molar-refractivity contribution is 7.80. The largest absolute Gasteiger partial charge is 0.384 e. The zero-order valence-electron chi connectivity index (χ0n) is 41.1. The first-order valence-corrected chi connectivity index (χ1v) is 24.9. The molecule has 69 heavy (non-hydrogen) atoms. The Balaban J connectivity index is 0.000000186. The molecule has 352 valence electrons. The van der Waals surface area contributed by atoms with E-state index in [0.717, 1.165) is 101 Å². The first kappa shape index (κ1) is 48.4. The highest BCUT2D eigenvalue weighted by Gasteiger charge is 2.24. The number of nitrogens with zero attached hydrogens (tertiary/aromatic N) is 6. The Labute approximate surface area is 414 Å². The number of nitrogens with one attached hydrogen (secondary N) is 2. The normalized spacial score (nSPS) is 11.2. The second-order valence-electron chi connectivity index (χ2n) is 18.6. The fraction of sp³-hybridized carbons (Fsp3) is 0.267. The molecular weight excluding hydrogens is 865 g/mol. The number of hydrogen-bond donors (Lipinski definition) is 2. The standard InChI is InChI=1S/C30H34N4S.C30H32N4/c1-22(2)19-32-29-25-16-10-11-17-27(25)33-30(26(29)18-28(35)31-3)34(20-23-12-6-4-7-13-23)21-24-14-8-5-9-15-24;1-4-27-32-28-29(34(27)19-22(2)3)25-17-11-12-18-26(25)31-30(28)33(20-23-13-7-5-8-14-23)21-24-15-9-6-10-16-24/h4-17,22H,18-21H2,1-3H3,(H,31,35)(H,32,33);5-18,22H,4,19-21H2,1-3H3. The van der Waals surface area contributed by atoms with Gasteiger partial charge in [0.05, 0.1) is 27.2 Å². The van der Waals surface area contributed by atoms with Crippen LogP contribution in [0.1, 0.15) is 68.3 Å².